The van der Waals surface area contributed by atoms with Crippen molar-refractivity contribution >= 4 is 21.8 Å². The molecule has 1 aliphatic heterocycles. The van der Waals surface area contributed by atoms with Gasteiger partial charge in [-0.15, -0.1) is 0 Å². The van der Waals surface area contributed by atoms with Gasteiger partial charge in [0.25, 0.3) is 0 Å². The van der Waals surface area contributed by atoms with Crippen LogP contribution in [-0.2, 0) is 11.2 Å². The van der Waals surface area contributed by atoms with E-state index in [0.29, 0.717) is 6.42 Å². The Morgan fingerprint density at radius 1 is 1.56 bits per heavy atom. The summed E-state index contributed by atoms with van der Waals surface area (Å²) in [6.07, 6.45) is 2.13. The van der Waals surface area contributed by atoms with Crippen LogP contribution < -0.4 is 5.32 Å². The molecule has 1 aromatic rings. The van der Waals surface area contributed by atoms with E-state index in [1.165, 1.54) is 12.1 Å². The number of hydrogen-bond donors (Lipinski definition) is 1. The molecule has 4 heteroatoms. The molecule has 0 aromatic heterocycles. The van der Waals surface area contributed by atoms with Crippen molar-refractivity contribution in [2.24, 2.45) is 0 Å². The summed E-state index contributed by atoms with van der Waals surface area (Å²) in [4.78, 5) is 11.2. The normalized spacial score (nSPS) is 24.6. The molecule has 1 aromatic carbocycles. The Labute approximate surface area is 102 Å². The minimum atomic E-state index is -0.253. The Hall–Kier alpha value is -0.900. The van der Waals surface area contributed by atoms with Gasteiger partial charge in [-0.25, -0.2) is 4.39 Å². The maximum absolute atomic E-state index is 12.9. The first-order valence-corrected chi connectivity index (χ1v) is 6.03. The minimum absolute atomic E-state index is 0.0979. The summed E-state index contributed by atoms with van der Waals surface area (Å²) in [5, 5.41) is 2.97. The van der Waals surface area contributed by atoms with Crippen LogP contribution in [0.3, 0.4) is 0 Å². The summed E-state index contributed by atoms with van der Waals surface area (Å²) in [5.74, 6) is -0.156. The van der Waals surface area contributed by atoms with E-state index in [1.54, 1.807) is 6.07 Å². The van der Waals surface area contributed by atoms with E-state index in [1.807, 2.05) is 6.92 Å². The van der Waals surface area contributed by atoms with Crippen molar-refractivity contribution in [2.75, 3.05) is 0 Å². The van der Waals surface area contributed by atoms with Crippen molar-refractivity contribution in [3.05, 3.63) is 34.1 Å². The molecule has 16 heavy (non-hydrogen) atoms. The first-order valence-electron chi connectivity index (χ1n) is 5.23. The van der Waals surface area contributed by atoms with Crippen LogP contribution in [0.2, 0.25) is 0 Å². The van der Waals surface area contributed by atoms with Crippen LogP contribution in [0, 0.1) is 5.82 Å². The second kappa shape index (κ2) is 4.17. The highest BCUT2D eigenvalue weighted by molar-refractivity contribution is 9.10. The molecule has 0 radical (unpaired) electrons. The lowest BCUT2D eigenvalue weighted by Crippen LogP contribution is -2.40. The Balaban J connectivity index is 2.17. The second-order valence-electron chi connectivity index (χ2n) is 4.52. The fourth-order valence-electron chi connectivity index (χ4n) is 2.07. The lowest BCUT2D eigenvalue weighted by Gasteiger charge is -2.24. The maximum atomic E-state index is 12.9. The van der Waals surface area contributed by atoms with Crippen molar-refractivity contribution in [1.29, 1.82) is 0 Å². The molecule has 2 rings (SSSR count). The Kier molecular flexibility index (Phi) is 3.02. The van der Waals surface area contributed by atoms with Crippen molar-refractivity contribution in [3.63, 3.8) is 0 Å². The number of carbonyl (C=O) groups excluding carboxylic acids is 1. The molecule has 1 heterocycles. The third-order valence-electron chi connectivity index (χ3n) is 2.94. The molecule has 0 saturated carbocycles. The van der Waals surface area contributed by atoms with E-state index < -0.39 is 0 Å². The van der Waals surface area contributed by atoms with Crippen LogP contribution in [0.4, 0.5) is 4.39 Å². The Morgan fingerprint density at radius 2 is 2.31 bits per heavy atom. The number of benzene rings is 1. The molecule has 1 fully saturated rings. The quantitative estimate of drug-likeness (QED) is 0.890. The Bertz CT molecular complexity index is 435. The lowest BCUT2D eigenvalue weighted by molar-refractivity contribution is -0.119. The second-order valence-corrected chi connectivity index (χ2v) is 5.38. The van der Waals surface area contributed by atoms with E-state index in [4.69, 9.17) is 0 Å². The minimum Gasteiger partial charge on any atom is -0.351 e. The first-order chi connectivity index (χ1) is 7.48. The lowest BCUT2D eigenvalue weighted by atomic mass is 9.91. The van der Waals surface area contributed by atoms with Gasteiger partial charge >= 0.3 is 0 Å². The zero-order valence-electron chi connectivity index (χ0n) is 9.02. The van der Waals surface area contributed by atoms with E-state index >= 15 is 0 Å². The van der Waals surface area contributed by atoms with Gasteiger partial charge in [-0.1, -0.05) is 22.0 Å². The van der Waals surface area contributed by atoms with Gasteiger partial charge in [-0.3, -0.25) is 4.79 Å². The number of halogens is 2. The average molecular weight is 286 g/mol. The standard InChI is InChI=1S/C12H13BrFNO/c1-12(5-4-11(16)15-12)7-8-2-3-9(14)6-10(8)13/h2-3,6H,4-5,7H2,1H3,(H,15,16). The fraction of sp³-hybridized carbons (Fsp3) is 0.417. The zero-order chi connectivity index (χ0) is 11.8. The van der Waals surface area contributed by atoms with Gasteiger partial charge in [-0.2, -0.15) is 0 Å². The molecular formula is C12H13BrFNO. The Morgan fingerprint density at radius 3 is 2.88 bits per heavy atom. The van der Waals surface area contributed by atoms with Gasteiger partial charge < -0.3 is 5.32 Å². The number of amides is 1. The summed E-state index contributed by atoms with van der Waals surface area (Å²) in [6, 6.07) is 4.66. The third kappa shape index (κ3) is 2.43. The van der Waals surface area contributed by atoms with Crippen LogP contribution >= 0.6 is 15.9 Å². The predicted octanol–water partition coefficient (Wildman–Crippen LogP) is 2.80. The predicted molar refractivity (Wildman–Crippen MR) is 63.6 cm³/mol. The van der Waals surface area contributed by atoms with E-state index in [0.717, 1.165) is 22.9 Å². The van der Waals surface area contributed by atoms with E-state index in [-0.39, 0.29) is 17.3 Å². The number of carbonyl (C=O) groups is 1. The summed E-state index contributed by atoms with van der Waals surface area (Å²) in [5.41, 5.74) is 0.823. The largest absolute Gasteiger partial charge is 0.351 e. The fourth-order valence-corrected chi connectivity index (χ4v) is 2.56. The van der Waals surface area contributed by atoms with Crippen molar-refractivity contribution in [1.82, 2.24) is 5.32 Å². The molecule has 1 atom stereocenters. The highest BCUT2D eigenvalue weighted by Gasteiger charge is 2.33. The van der Waals surface area contributed by atoms with E-state index in [2.05, 4.69) is 21.2 Å². The van der Waals surface area contributed by atoms with Crippen LogP contribution in [0.25, 0.3) is 0 Å². The van der Waals surface area contributed by atoms with Gasteiger partial charge in [0.05, 0.1) is 0 Å². The zero-order valence-corrected chi connectivity index (χ0v) is 10.6. The molecule has 0 bridgehead atoms. The van der Waals surface area contributed by atoms with E-state index in [9.17, 15) is 9.18 Å². The molecule has 1 N–H and O–H groups in total. The summed E-state index contributed by atoms with van der Waals surface area (Å²) >= 11 is 3.34. The average Bonchev–Trinajstić information content (AvgIpc) is 2.52. The smallest absolute Gasteiger partial charge is 0.220 e. The molecule has 2 nitrogen and oxygen atoms in total. The van der Waals surface area contributed by atoms with Crippen LogP contribution in [0.15, 0.2) is 22.7 Å². The molecule has 1 saturated heterocycles. The topological polar surface area (TPSA) is 29.1 Å². The SMILES string of the molecule is CC1(Cc2ccc(F)cc2Br)CCC(=O)N1. The van der Waals surface area contributed by atoms with Gasteiger partial charge in [0.15, 0.2) is 0 Å². The first kappa shape index (κ1) is 11.6. The molecular weight excluding hydrogens is 273 g/mol. The molecule has 1 aliphatic rings. The van der Waals surface area contributed by atoms with Crippen molar-refractivity contribution in [2.45, 2.75) is 31.7 Å². The van der Waals surface area contributed by atoms with Gasteiger partial charge in [0.1, 0.15) is 5.82 Å². The number of nitrogens with one attached hydrogen (secondary N) is 1. The maximum Gasteiger partial charge on any atom is 0.220 e. The van der Waals surface area contributed by atoms with Crippen LogP contribution in [0.5, 0.6) is 0 Å². The summed E-state index contributed by atoms with van der Waals surface area (Å²) < 4.78 is 13.7. The van der Waals surface area contributed by atoms with Crippen molar-refractivity contribution in [3.8, 4) is 0 Å². The third-order valence-corrected chi connectivity index (χ3v) is 3.68. The number of hydrogen-bond acceptors (Lipinski definition) is 1. The van der Waals surface area contributed by atoms with Crippen LogP contribution in [0.1, 0.15) is 25.3 Å². The van der Waals surface area contributed by atoms with Gasteiger partial charge in [0.2, 0.25) is 5.91 Å². The monoisotopic (exact) mass is 285 g/mol. The van der Waals surface area contributed by atoms with Gasteiger partial charge in [0, 0.05) is 16.4 Å². The highest BCUT2D eigenvalue weighted by atomic mass is 79.9. The van der Waals surface area contributed by atoms with Crippen LogP contribution in [-0.4, -0.2) is 11.4 Å². The molecule has 86 valence electrons. The van der Waals surface area contributed by atoms with Crippen molar-refractivity contribution < 1.29 is 9.18 Å². The summed E-state index contributed by atoms with van der Waals surface area (Å²) in [7, 11) is 0. The molecule has 1 unspecified atom stereocenters. The summed E-state index contributed by atoms with van der Waals surface area (Å²) in [6.45, 7) is 2.02. The molecule has 0 aliphatic carbocycles. The molecule has 1 amide bonds. The molecule has 0 spiro atoms. The highest BCUT2D eigenvalue weighted by Crippen LogP contribution is 2.28. The number of rotatable bonds is 2. The van der Waals surface area contributed by atoms with Gasteiger partial charge in [-0.05, 0) is 37.5 Å².